The summed E-state index contributed by atoms with van der Waals surface area (Å²) in [6.45, 7) is 2.97. The summed E-state index contributed by atoms with van der Waals surface area (Å²) in [5.41, 5.74) is 5.90. The Morgan fingerprint density at radius 1 is 1.47 bits per heavy atom. The Labute approximate surface area is 102 Å². The number of hydrogen-bond acceptors (Lipinski definition) is 3. The van der Waals surface area contributed by atoms with Crippen LogP contribution < -0.4 is 11.1 Å². The van der Waals surface area contributed by atoms with E-state index in [1.54, 1.807) is 11.8 Å². The van der Waals surface area contributed by atoms with Crippen molar-refractivity contribution in [3.05, 3.63) is 0 Å². The van der Waals surface area contributed by atoms with Gasteiger partial charge in [-0.05, 0) is 26.2 Å². The summed E-state index contributed by atoms with van der Waals surface area (Å²) < 4.78 is 0. The van der Waals surface area contributed by atoms with Crippen molar-refractivity contribution < 1.29 is 9.59 Å². The molecule has 0 spiro atoms. The van der Waals surface area contributed by atoms with E-state index in [-0.39, 0.29) is 29.8 Å². The van der Waals surface area contributed by atoms with E-state index in [9.17, 15) is 9.59 Å². The number of piperazine rings is 1. The Morgan fingerprint density at radius 3 is 2.94 bits per heavy atom. The Hall–Kier alpha value is -1.10. The minimum Gasteiger partial charge on any atom is -0.353 e. The van der Waals surface area contributed by atoms with E-state index in [1.165, 1.54) is 0 Å². The monoisotopic (exact) mass is 239 g/mol. The molecule has 17 heavy (non-hydrogen) atoms. The molecule has 3 atom stereocenters. The number of rotatable bonds is 1. The predicted molar refractivity (Wildman–Crippen MR) is 64.1 cm³/mol. The fraction of sp³-hybridized carbons (Fsp3) is 0.833. The highest BCUT2D eigenvalue weighted by atomic mass is 16.2. The number of hydrogen-bond donors (Lipinski definition) is 2. The van der Waals surface area contributed by atoms with Gasteiger partial charge in [-0.25, -0.2) is 0 Å². The van der Waals surface area contributed by atoms with Gasteiger partial charge in [-0.1, -0.05) is 6.42 Å². The quantitative estimate of drug-likeness (QED) is 0.668. The number of nitrogens with one attached hydrogen (secondary N) is 1. The zero-order valence-corrected chi connectivity index (χ0v) is 10.3. The molecule has 1 aliphatic heterocycles. The first-order chi connectivity index (χ1) is 8.09. The lowest BCUT2D eigenvalue weighted by Crippen LogP contribution is -2.57. The van der Waals surface area contributed by atoms with Crippen LogP contribution in [0.25, 0.3) is 0 Å². The van der Waals surface area contributed by atoms with Gasteiger partial charge in [0.05, 0.1) is 0 Å². The molecule has 0 bridgehead atoms. The van der Waals surface area contributed by atoms with Crippen molar-refractivity contribution in [2.75, 3.05) is 13.1 Å². The number of amides is 2. The van der Waals surface area contributed by atoms with Crippen LogP contribution in [-0.4, -0.2) is 41.9 Å². The van der Waals surface area contributed by atoms with Gasteiger partial charge in [0.15, 0.2) is 0 Å². The van der Waals surface area contributed by atoms with Crippen LogP contribution in [0.4, 0.5) is 0 Å². The van der Waals surface area contributed by atoms with E-state index in [0.717, 1.165) is 25.7 Å². The Morgan fingerprint density at radius 2 is 2.24 bits per heavy atom. The third-order valence-electron chi connectivity index (χ3n) is 3.85. The molecule has 1 heterocycles. The molecule has 2 rings (SSSR count). The van der Waals surface area contributed by atoms with Gasteiger partial charge in [-0.2, -0.15) is 0 Å². The summed E-state index contributed by atoms with van der Waals surface area (Å²) in [6.07, 6.45) is 3.72. The van der Waals surface area contributed by atoms with Crippen molar-refractivity contribution >= 4 is 11.8 Å². The zero-order chi connectivity index (χ0) is 12.4. The Kier molecular flexibility index (Phi) is 3.66. The minimum absolute atomic E-state index is 0.0205. The van der Waals surface area contributed by atoms with E-state index in [0.29, 0.717) is 13.1 Å². The lowest BCUT2D eigenvalue weighted by atomic mass is 9.85. The molecule has 1 saturated carbocycles. The number of carbonyl (C=O) groups excluding carboxylic acids is 2. The highest BCUT2D eigenvalue weighted by molar-refractivity contribution is 5.89. The summed E-state index contributed by atoms with van der Waals surface area (Å²) in [7, 11) is 0. The normalized spacial score (nSPS) is 34.4. The maximum absolute atomic E-state index is 12.3. The topological polar surface area (TPSA) is 75.4 Å². The molecule has 2 aliphatic rings. The van der Waals surface area contributed by atoms with E-state index in [2.05, 4.69) is 5.32 Å². The molecule has 3 unspecified atom stereocenters. The van der Waals surface area contributed by atoms with Gasteiger partial charge in [-0.3, -0.25) is 9.59 Å². The van der Waals surface area contributed by atoms with Crippen LogP contribution >= 0.6 is 0 Å². The second-order valence-corrected chi connectivity index (χ2v) is 5.12. The molecule has 5 nitrogen and oxygen atoms in total. The SMILES string of the molecule is CC1C(=O)NCCN1C(=O)C1CCCC(N)C1. The minimum atomic E-state index is -0.339. The fourth-order valence-electron chi connectivity index (χ4n) is 2.77. The molecule has 2 fully saturated rings. The number of carbonyl (C=O) groups is 2. The van der Waals surface area contributed by atoms with E-state index in [1.807, 2.05) is 0 Å². The average Bonchev–Trinajstić information content (AvgIpc) is 2.32. The maximum Gasteiger partial charge on any atom is 0.242 e. The molecule has 0 radical (unpaired) electrons. The Balaban J connectivity index is 2.00. The van der Waals surface area contributed by atoms with Crippen LogP contribution in [0.1, 0.15) is 32.6 Å². The van der Waals surface area contributed by atoms with Crippen LogP contribution in [0.3, 0.4) is 0 Å². The summed E-state index contributed by atoms with van der Waals surface area (Å²) in [6, 6.07) is -0.193. The second-order valence-electron chi connectivity index (χ2n) is 5.12. The summed E-state index contributed by atoms with van der Waals surface area (Å²) in [5.74, 6) is 0.0827. The van der Waals surface area contributed by atoms with Gasteiger partial charge in [0, 0.05) is 25.0 Å². The first-order valence-electron chi connectivity index (χ1n) is 6.43. The number of nitrogens with two attached hydrogens (primary N) is 1. The molecule has 1 aliphatic carbocycles. The van der Waals surface area contributed by atoms with Gasteiger partial charge in [0.25, 0.3) is 0 Å². The van der Waals surface area contributed by atoms with Crippen LogP contribution in [0.5, 0.6) is 0 Å². The van der Waals surface area contributed by atoms with Crippen molar-refractivity contribution in [3.63, 3.8) is 0 Å². The van der Waals surface area contributed by atoms with Gasteiger partial charge < -0.3 is 16.0 Å². The highest BCUT2D eigenvalue weighted by Crippen LogP contribution is 2.26. The maximum atomic E-state index is 12.3. The third-order valence-corrected chi connectivity index (χ3v) is 3.85. The first-order valence-corrected chi connectivity index (χ1v) is 6.43. The molecule has 2 amide bonds. The van der Waals surface area contributed by atoms with E-state index >= 15 is 0 Å². The van der Waals surface area contributed by atoms with Gasteiger partial charge >= 0.3 is 0 Å². The zero-order valence-electron chi connectivity index (χ0n) is 10.3. The first kappa shape index (κ1) is 12.4. The molecule has 3 N–H and O–H groups in total. The molecule has 5 heteroatoms. The van der Waals surface area contributed by atoms with Crippen LogP contribution in [-0.2, 0) is 9.59 Å². The summed E-state index contributed by atoms with van der Waals surface area (Å²) in [4.78, 5) is 25.6. The van der Waals surface area contributed by atoms with Crippen molar-refractivity contribution in [1.29, 1.82) is 0 Å². The van der Waals surface area contributed by atoms with Crippen molar-refractivity contribution in [1.82, 2.24) is 10.2 Å². The van der Waals surface area contributed by atoms with Gasteiger partial charge in [-0.15, -0.1) is 0 Å². The smallest absolute Gasteiger partial charge is 0.242 e. The predicted octanol–water partition coefficient (Wildman–Crippen LogP) is -0.149. The molecule has 0 aromatic rings. The van der Waals surface area contributed by atoms with Crippen LogP contribution in [0, 0.1) is 5.92 Å². The molecule has 1 saturated heterocycles. The standard InChI is InChI=1S/C12H21N3O2/c1-8-11(16)14-5-6-15(8)12(17)9-3-2-4-10(13)7-9/h8-10H,2-7,13H2,1H3,(H,14,16). The van der Waals surface area contributed by atoms with Crippen molar-refractivity contribution in [2.45, 2.75) is 44.7 Å². The Bertz CT molecular complexity index is 319. The lowest BCUT2D eigenvalue weighted by molar-refractivity contribution is -0.146. The largest absolute Gasteiger partial charge is 0.353 e. The summed E-state index contributed by atoms with van der Waals surface area (Å²) in [5, 5.41) is 2.77. The van der Waals surface area contributed by atoms with Gasteiger partial charge in [0.2, 0.25) is 11.8 Å². The molecule has 96 valence electrons. The summed E-state index contributed by atoms with van der Waals surface area (Å²) >= 11 is 0. The molecular weight excluding hydrogens is 218 g/mol. The van der Waals surface area contributed by atoms with E-state index in [4.69, 9.17) is 5.73 Å². The van der Waals surface area contributed by atoms with Crippen LogP contribution in [0.15, 0.2) is 0 Å². The van der Waals surface area contributed by atoms with Gasteiger partial charge in [0.1, 0.15) is 6.04 Å². The van der Waals surface area contributed by atoms with Crippen molar-refractivity contribution in [3.8, 4) is 0 Å². The third kappa shape index (κ3) is 2.60. The fourth-order valence-corrected chi connectivity index (χ4v) is 2.77. The van der Waals surface area contributed by atoms with Crippen LogP contribution in [0.2, 0.25) is 0 Å². The number of nitrogens with zero attached hydrogens (tertiary/aromatic N) is 1. The average molecular weight is 239 g/mol. The lowest BCUT2D eigenvalue weighted by Gasteiger charge is -2.37. The second kappa shape index (κ2) is 5.04. The highest BCUT2D eigenvalue weighted by Gasteiger charge is 2.34. The van der Waals surface area contributed by atoms with E-state index < -0.39 is 0 Å². The van der Waals surface area contributed by atoms with Crippen molar-refractivity contribution in [2.24, 2.45) is 11.7 Å². The molecule has 0 aromatic carbocycles. The molecule has 0 aromatic heterocycles. The molecular formula is C12H21N3O2.